The quantitative estimate of drug-likeness (QED) is 0.447. The molecule has 41 valence electrons. The molecule has 1 heteroatoms. The van der Waals surface area contributed by atoms with Gasteiger partial charge in [-0.3, -0.25) is 0 Å². The predicted molar refractivity (Wildman–Crippen MR) is 38.1 cm³/mol. The summed E-state index contributed by atoms with van der Waals surface area (Å²) in [5.74, 6) is 0. The summed E-state index contributed by atoms with van der Waals surface area (Å²) < 4.78 is 0. The van der Waals surface area contributed by atoms with Crippen molar-refractivity contribution in [3.05, 3.63) is 23.7 Å². The molecule has 1 rings (SSSR count). The summed E-state index contributed by atoms with van der Waals surface area (Å²) >= 11 is 0. The number of allylic oxidation sites excluding steroid dienone is 4. The minimum Gasteiger partial charge on any atom is -0.0923 e. The molecule has 0 aromatic carbocycles. The molecule has 0 amide bonds. The molecule has 1 radical (unpaired) electrons. The highest BCUT2D eigenvalue weighted by molar-refractivity contribution is 6.44. The van der Waals surface area contributed by atoms with E-state index in [4.69, 9.17) is 0 Å². The second-order valence-corrected chi connectivity index (χ2v) is 1.97. The highest BCUT2D eigenvalue weighted by Gasteiger charge is 1.92. The van der Waals surface area contributed by atoms with Crippen LogP contribution in [-0.4, -0.2) is 7.28 Å². The fourth-order valence-electron chi connectivity index (χ4n) is 0.848. The van der Waals surface area contributed by atoms with Crippen molar-refractivity contribution in [3.63, 3.8) is 0 Å². The van der Waals surface area contributed by atoms with Gasteiger partial charge in [-0.2, -0.15) is 0 Å². The molecule has 0 fully saturated rings. The first-order valence-corrected chi connectivity index (χ1v) is 3.09. The lowest BCUT2D eigenvalue weighted by atomic mass is 9.71. The fraction of sp³-hybridized carbons (Fsp3) is 0.429. The standard InChI is InChI=1S/C7H10B/c1-8-7-5-3-2-4-6-7/h3,5-6H,2,4H2,1H3. The molecular formula is C7H10B. The van der Waals surface area contributed by atoms with Crippen LogP contribution in [0.4, 0.5) is 0 Å². The summed E-state index contributed by atoms with van der Waals surface area (Å²) in [6.45, 7) is 2.07. The second-order valence-electron chi connectivity index (χ2n) is 1.97. The van der Waals surface area contributed by atoms with Crippen LogP contribution in [0.1, 0.15) is 12.8 Å². The zero-order valence-corrected chi connectivity index (χ0v) is 5.22. The molecule has 1 aliphatic rings. The van der Waals surface area contributed by atoms with Gasteiger partial charge in [0.25, 0.3) is 0 Å². The van der Waals surface area contributed by atoms with Gasteiger partial charge in [0.1, 0.15) is 7.28 Å². The van der Waals surface area contributed by atoms with E-state index in [1.54, 1.807) is 0 Å². The first kappa shape index (κ1) is 5.68. The van der Waals surface area contributed by atoms with Crippen molar-refractivity contribution in [2.45, 2.75) is 19.7 Å². The summed E-state index contributed by atoms with van der Waals surface area (Å²) in [7, 11) is 2.13. The lowest BCUT2D eigenvalue weighted by Crippen LogP contribution is -1.89. The number of rotatable bonds is 1. The minimum absolute atomic E-state index is 1.22. The van der Waals surface area contributed by atoms with Crippen LogP contribution >= 0.6 is 0 Å². The van der Waals surface area contributed by atoms with Crippen molar-refractivity contribution < 1.29 is 0 Å². The van der Waals surface area contributed by atoms with E-state index >= 15 is 0 Å². The Hall–Kier alpha value is -0.455. The van der Waals surface area contributed by atoms with Crippen LogP contribution in [0.2, 0.25) is 6.82 Å². The Morgan fingerprint density at radius 1 is 1.50 bits per heavy atom. The fourth-order valence-corrected chi connectivity index (χ4v) is 0.848. The Bertz CT molecular complexity index is 122. The molecule has 0 aromatic heterocycles. The summed E-state index contributed by atoms with van der Waals surface area (Å²) in [6, 6.07) is 0. The Morgan fingerprint density at radius 2 is 2.38 bits per heavy atom. The monoisotopic (exact) mass is 105 g/mol. The molecular weight excluding hydrogens is 94.9 g/mol. The van der Waals surface area contributed by atoms with Gasteiger partial charge in [0.15, 0.2) is 0 Å². The van der Waals surface area contributed by atoms with Gasteiger partial charge in [0.05, 0.1) is 0 Å². The van der Waals surface area contributed by atoms with Gasteiger partial charge >= 0.3 is 0 Å². The van der Waals surface area contributed by atoms with Gasteiger partial charge < -0.3 is 0 Å². The summed E-state index contributed by atoms with van der Waals surface area (Å²) in [5, 5.41) is 0. The van der Waals surface area contributed by atoms with Crippen LogP contribution in [0.15, 0.2) is 23.7 Å². The average Bonchev–Trinajstić information content (AvgIpc) is 1.90. The zero-order valence-electron chi connectivity index (χ0n) is 5.22. The van der Waals surface area contributed by atoms with Gasteiger partial charge in [-0.1, -0.05) is 30.5 Å². The van der Waals surface area contributed by atoms with E-state index in [2.05, 4.69) is 32.3 Å². The molecule has 0 atom stereocenters. The third kappa shape index (κ3) is 1.26. The molecule has 0 bridgehead atoms. The molecule has 1 aliphatic carbocycles. The maximum Gasteiger partial charge on any atom is 0.147 e. The molecule has 0 saturated heterocycles. The third-order valence-corrected chi connectivity index (χ3v) is 1.36. The molecule has 0 aliphatic heterocycles. The largest absolute Gasteiger partial charge is 0.147 e. The van der Waals surface area contributed by atoms with Gasteiger partial charge in [-0.15, -0.1) is 0 Å². The molecule has 0 heterocycles. The van der Waals surface area contributed by atoms with Crippen molar-refractivity contribution in [3.8, 4) is 0 Å². The Morgan fingerprint density at radius 3 is 2.75 bits per heavy atom. The number of hydrogen-bond donors (Lipinski definition) is 0. The van der Waals surface area contributed by atoms with Crippen LogP contribution in [0.5, 0.6) is 0 Å². The van der Waals surface area contributed by atoms with Crippen molar-refractivity contribution in [1.82, 2.24) is 0 Å². The smallest absolute Gasteiger partial charge is 0.0923 e. The SMILES string of the molecule is C[B]C1=CCCC=C1. The van der Waals surface area contributed by atoms with Crippen molar-refractivity contribution in [1.29, 1.82) is 0 Å². The highest BCUT2D eigenvalue weighted by Crippen LogP contribution is 2.07. The second kappa shape index (κ2) is 2.76. The van der Waals surface area contributed by atoms with Gasteiger partial charge in [0, 0.05) is 0 Å². The normalized spacial score (nSPS) is 17.9. The van der Waals surface area contributed by atoms with Crippen LogP contribution in [0.25, 0.3) is 0 Å². The zero-order chi connectivity index (χ0) is 5.82. The van der Waals surface area contributed by atoms with Crippen LogP contribution in [0, 0.1) is 0 Å². The molecule has 0 saturated carbocycles. The Labute approximate surface area is 51.5 Å². The minimum atomic E-state index is 1.22. The Kier molecular flexibility index (Phi) is 1.96. The third-order valence-electron chi connectivity index (χ3n) is 1.36. The van der Waals surface area contributed by atoms with E-state index in [-0.39, 0.29) is 0 Å². The number of hydrogen-bond acceptors (Lipinski definition) is 0. The van der Waals surface area contributed by atoms with Crippen LogP contribution < -0.4 is 0 Å². The molecule has 0 spiro atoms. The highest BCUT2D eigenvalue weighted by atomic mass is 13.9. The molecule has 0 unspecified atom stereocenters. The lowest BCUT2D eigenvalue weighted by molar-refractivity contribution is 1.03. The summed E-state index contributed by atoms with van der Waals surface area (Å²) in [6.07, 6.45) is 9.09. The van der Waals surface area contributed by atoms with Crippen LogP contribution in [0.3, 0.4) is 0 Å². The molecule has 8 heavy (non-hydrogen) atoms. The maximum atomic E-state index is 2.26. The molecule has 0 N–H and O–H groups in total. The first-order chi connectivity index (χ1) is 3.93. The molecule has 0 aromatic rings. The first-order valence-electron chi connectivity index (χ1n) is 3.09. The van der Waals surface area contributed by atoms with Gasteiger partial charge in [0.2, 0.25) is 0 Å². The van der Waals surface area contributed by atoms with E-state index in [1.807, 2.05) is 0 Å². The topological polar surface area (TPSA) is 0 Å². The van der Waals surface area contributed by atoms with E-state index in [1.165, 1.54) is 18.3 Å². The average molecular weight is 105 g/mol. The van der Waals surface area contributed by atoms with E-state index in [9.17, 15) is 0 Å². The van der Waals surface area contributed by atoms with Crippen molar-refractivity contribution in [2.75, 3.05) is 0 Å². The summed E-state index contributed by atoms with van der Waals surface area (Å²) in [5.41, 5.74) is 1.37. The lowest BCUT2D eigenvalue weighted by Gasteiger charge is -2.00. The Balaban J connectivity index is 2.51. The van der Waals surface area contributed by atoms with Crippen molar-refractivity contribution in [2.24, 2.45) is 0 Å². The predicted octanol–water partition coefficient (Wildman–Crippen LogP) is 1.97. The van der Waals surface area contributed by atoms with Gasteiger partial charge in [-0.05, 0) is 12.8 Å². The summed E-state index contributed by atoms with van der Waals surface area (Å²) in [4.78, 5) is 0. The van der Waals surface area contributed by atoms with E-state index in [0.717, 1.165) is 0 Å². The van der Waals surface area contributed by atoms with Gasteiger partial charge in [-0.25, -0.2) is 0 Å². The van der Waals surface area contributed by atoms with E-state index in [0.29, 0.717) is 0 Å². The van der Waals surface area contributed by atoms with Crippen LogP contribution in [-0.2, 0) is 0 Å². The van der Waals surface area contributed by atoms with E-state index < -0.39 is 0 Å². The van der Waals surface area contributed by atoms with Crippen molar-refractivity contribution >= 4 is 7.28 Å². The maximum absolute atomic E-state index is 2.26. The molecule has 0 nitrogen and oxygen atoms in total.